The molecular weight excluding hydrogens is 375 g/mol. The molecule has 29 heavy (non-hydrogen) atoms. The smallest absolute Gasteiger partial charge is 0.338 e. The van der Waals surface area contributed by atoms with E-state index in [2.05, 4.69) is 20.6 Å². The van der Waals surface area contributed by atoms with Gasteiger partial charge in [0.1, 0.15) is 17.3 Å². The number of carbonyl (C=O) groups excluding carboxylic acids is 2. The molecule has 148 valence electrons. The summed E-state index contributed by atoms with van der Waals surface area (Å²) in [6.45, 7) is 2.12. The summed E-state index contributed by atoms with van der Waals surface area (Å²) in [6, 6.07) is 12.9. The Hall–Kier alpha value is -3.81. The summed E-state index contributed by atoms with van der Waals surface area (Å²) in [7, 11) is 0. The number of anilines is 2. The Morgan fingerprint density at radius 3 is 2.45 bits per heavy atom. The average molecular weight is 394 g/mol. The minimum absolute atomic E-state index is 0.0556. The molecule has 7 nitrogen and oxygen atoms in total. The number of carbonyl (C=O) groups is 2. The molecule has 0 unspecified atom stereocenters. The molecule has 2 N–H and O–H groups in total. The Kier molecular flexibility index (Phi) is 6.47. The van der Waals surface area contributed by atoms with Gasteiger partial charge >= 0.3 is 5.97 Å². The Morgan fingerprint density at radius 1 is 1.03 bits per heavy atom. The normalized spacial score (nSPS) is 10.3. The average Bonchev–Trinajstić information content (AvgIpc) is 2.74. The molecule has 1 heterocycles. The molecule has 0 aliphatic heterocycles. The van der Waals surface area contributed by atoms with E-state index in [-0.39, 0.29) is 24.0 Å². The molecule has 0 aliphatic rings. The van der Waals surface area contributed by atoms with E-state index in [4.69, 9.17) is 4.74 Å². The molecule has 8 heteroatoms. The van der Waals surface area contributed by atoms with Crippen molar-refractivity contribution in [2.24, 2.45) is 0 Å². The standard InChI is InChI=1S/C21H19FN4O3/c1-2-29-21(28)14-7-9-16(10-8-14)26-19-13-23-18(12-24-19)20(27)25-11-15-5-3-4-6-17(15)22/h3-10,12-13H,2,11H2,1H3,(H,24,26)(H,25,27). The van der Waals surface area contributed by atoms with Crippen molar-refractivity contribution in [2.75, 3.05) is 11.9 Å². The molecule has 3 aromatic rings. The lowest BCUT2D eigenvalue weighted by atomic mass is 10.2. The molecule has 1 amide bonds. The van der Waals surface area contributed by atoms with Gasteiger partial charge in [-0.15, -0.1) is 0 Å². The van der Waals surface area contributed by atoms with E-state index in [1.165, 1.54) is 18.5 Å². The first-order valence-electron chi connectivity index (χ1n) is 8.94. The van der Waals surface area contributed by atoms with E-state index < -0.39 is 5.91 Å². The lowest BCUT2D eigenvalue weighted by Crippen LogP contribution is -2.24. The zero-order valence-corrected chi connectivity index (χ0v) is 15.7. The number of nitrogens with zero attached hydrogens (tertiary/aromatic N) is 2. The van der Waals surface area contributed by atoms with Gasteiger partial charge in [0, 0.05) is 17.8 Å². The number of ether oxygens (including phenoxy) is 1. The van der Waals surface area contributed by atoms with Crippen LogP contribution in [0.25, 0.3) is 0 Å². The molecular formula is C21H19FN4O3. The largest absolute Gasteiger partial charge is 0.462 e. The Labute approximate surface area is 167 Å². The molecule has 0 saturated carbocycles. The summed E-state index contributed by atoms with van der Waals surface area (Å²) < 4.78 is 18.5. The fraction of sp³-hybridized carbons (Fsp3) is 0.143. The summed E-state index contributed by atoms with van der Waals surface area (Å²) in [4.78, 5) is 32.0. The van der Waals surface area contributed by atoms with Crippen LogP contribution in [0.4, 0.5) is 15.9 Å². The highest BCUT2D eigenvalue weighted by Crippen LogP contribution is 2.15. The second-order valence-corrected chi connectivity index (χ2v) is 5.98. The minimum atomic E-state index is -0.453. The minimum Gasteiger partial charge on any atom is -0.462 e. The van der Waals surface area contributed by atoms with E-state index in [0.717, 1.165) is 0 Å². The molecule has 0 atom stereocenters. The molecule has 0 saturated heterocycles. The van der Waals surface area contributed by atoms with Crippen molar-refractivity contribution >= 4 is 23.4 Å². The van der Waals surface area contributed by atoms with E-state index in [0.29, 0.717) is 29.2 Å². The summed E-state index contributed by atoms with van der Waals surface area (Å²) in [5.41, 5.74) is 1.65. The third-order valence-electron chi connectivity index (χ3n) is 3.95. The van der Waals surface area contributed by atoms with Crippen molar-refractivity contribution in [3.05, 3.63) is 83.6 Å². The predicted molar refractivity (Wildman–Crippen MR) is 105 cm³/mol. The van der Waals surface area contributed by atoms with Crippen LogP contribution in [0.1, 0.15) is 33.3 Å². The number of rotatable bonds is 7. The molecule has 3 rings (SSSR count). The van der Waals surface area contributed by atoms with Gasteiger partial charge < -0.3 is 15.4 Å². The van der Waals surface area contributed by atoms with Gasteiger partial charge in [-0.05, 0) is 37.3 Å². The number of hydrogen-bond donors (Lipinski definition) is 2. The monoisotopic (exact) mass is 394 g/mol. The zero-order valence-electron chi connectivity index (χ0n) is 15.7. The highest BCUT2D eigenvalue weighted by molar-refractivity contribution is 5.92. The van der Waals surface area contributed by atoms with Crippen LogP contribution >= 0.6 is 0 Å². The number of nitrogens with one attached hydrogen (secondary N) is 2. The van der Waals surface area contributed by atoms with E-state index in [1.807, 2.05) is 0 Å². The number of halogens is 1. The van der Waals surface area contributed by atoms with E-state index in [9.17, 15) is 14.0 Å². The molecule has 0 aliphatic carbocycles. The fourth-order valence-electron chi connectivity index (χ4n) is 2.47. The van der Waals surface area contributed by atoms with Crippen LogP contribution in [0.2, 0.25) is 0 Å². The number of amides is 1. The second-order valence-electron chi connectivity index (χ2n) is 5.98. The maximum atomic E-state index is 13.6. The van der Waals surface area contributed by atoms with Crippen molar-refractivity contribution in [1.82, 2.24) is 15.3 Å². The topological polar surface area (TPSA) is 93.2 Å². The van der Waals surface area contributed by atoms with Gasteiger partial charge in [-0.1, -0.05) is 18.2 Å². The quantitative estimate of drug-likeness (QED) is 0.596. The highest BCUT2D eigenvalue weighted by Gasteiger charge is 2.10. The molecule has 0 spiro atoms. The van der Waals surface area contributed by atoms with Gasteiger partial charge in [0.05, 0.1) is 24.6 Å². The van der Waals surface area contributed by atoms with Gasteiger partial charge in [0.25, 0.3) is 5.91 Å². The summed E-state index contributed by atoms with van der Waals surface area (Å²) in [6.07, 6.45) is 2.74. The Morgan fingerprint density at radius 2 is 1.79 bits per heavy atom. The molecule has 0 bridgehead atoms. The summed E-state index contributed by atoms with van der Waals surface area (Å²) in [5, 5.41) is 5.63. The van der Waals surface area contributed by atoms with Crippen LogP contribution in [-0.2, 0) is 11.3 Å². The molecule has 0 fully saturated rings. The second kappa shape index (κ2) is 9.41. The molecule has 0 radical (unpaired) electrons. The third kappa shape index (κ3) is 5.35. The predicted octanol–water partition coefficient (Wildman–Crippen LogP) is 3.47. The van der Waals surface area contributed by atoms with Crippen LogP contribution in [0.5, 0.6) is 0 Å². The maximum absolute atomic E-state index is 13.6. The number of benzene rings is 2. The zero-order chi connectivity index (χ0) is 20.6. The Balaban J connectivity index is 1.57. The number of aromatic nitrogens is 2. The van der Waals surface area contributed by atoms with Gasteiger partial charge in [0.2, 0.25) is 0 Å². The first-order chi connectivity index (χ1) is 14.1. The highest BCUT2D eigenvalue weighted by atomic mass is 19.1. The lowest BCUT2D eigenvalue weighted by molar-refractivity contribution is 0.0526. The molecule has 1 aromatic heterocycles. The summed E-state index contributed by atoms with van der Waals surface area (Å²) in [5.74, 6) is -0.789. The Bertz CT molecular complexity index is 992. The first-order valence-corrected chi connectivity index (χ1v) is 8.94. The van der Waals surface area contributed by atoms with Crippen molar-refractivity contribution in [3.8, 4) is 0 Å². The van der Waals surface area contributed by atoms with Crippen LogP contribution < -0.4 is 10.6 Å². The third-order valence-corrected chi connectivity index (χ3v) is 3.95. The van der Waals surface area contributed by atoms with Crippen molar-refractivity contribution < 1.29 is 18.7 Å². The summed E-state index contributed by atoms with van der Waals surface area (Å²) >= 11 is 0. The van der Waals surface area contributed by atoms with Crippen LogP contribution in [-0.4, -0.2) is 28.5 Å². The van der Waals surface area contributed by atoms with Crippen LogP contribution in [0, 0.1) is 5.82 Å². The van der Waals surface area contributed by atoms with Gasteiger partial charge in [-0.25, -0.2) is 19.2 Å². The van der Waals surface area contributed by atoms with Crippen molar-refractivity contribution in [3.63, 3.8) is 0 Å². The van der Waals surface area contributed by atoms with Crippen LogP contribution in [0.3, 0.4) is 0 Å². The van der Waals surface area contributed by atoms with Gasteiger partial charge in [-0.2, -0.15) is 0 Å². The van der Waals surface area contributed by atoms with Gasteiger partial charge in [-0.3, -0.25) is 4.79 Å². The first kappa shape index (κ1) is 19.9. The lowest BCUT2D eigenvalue weighted by Gasteiger charge is -2.08. The maximum Gasteiger partial charge on any atom is 0.338 e. The van der Waals surface area contributed by atoms with E-state index in [1.54, 1.807) is 49.4 Å². The number of hydrogen-bond acceptors (Lipinski definition) is 6. The van der Waals surface area contributed by atoms with Gasteiger partial charge in [0.15, 0.2) is 0 Å². The SMILES string of the molecule is CCOC(=O)c1ccc(Nc2cnc(C(=O)NCc3ccccc3F)cn2)cc1. The van der Waals surface area contributed by atoms with Crippen LogP contribution in [0.15, 0.2) is 60.9 Å². The number of esters is 1. The molecule has 2 aromatic carbocycles. The van der Waals surface area contributed by atoms with Crippen molar-refractivity contribution in [1.29, 1.82) is 0 Å². The van der Waals surface area contributed by atoms with Crippen molar-refractivity contribution in [2.45, 2.75) is 13.5 Å². The fourth-order valence-corrected chi connectivity index (χ4v) is 2.47. The van der Waals surface area contributed by atoms with E-state index >= 15 is 0 Å².